The summed E-state index contributed by atoms with van der Waals surface area (Å²) in [7, 11) is 0. The Hall–Kier alpha value is -1.11. The molecule has 0 saturated carbocycles. The first-order valence-corrected chi connectivity index (χ1v) is 7.42. The average Bonchev–Trinajstić information content (AvgIpc) is 2.40. The van der Waals surface area contributed by atoms with E-state index in [4.69, 9.17) is 0 Å². The molecular weight excluding hydrogens is 354 g/mol. The van der Waals surface area contributed by atoms with Crippen LogP contribution in [-0.2, 0) is 6.18 Å². The fraction of sp³-hybridized carbons (Fsp3) is 0.500. The molecule has 0 bridgehead atoms. The van der Waals surface area contributed by atoms with E-state index in [-0.39, 0.29) is 10.7 Å². The number of benzene rings is 1. The van der Waals surface area contributed by atoms with Crippen molar-refractivity contribution < 1.29 is 22.4 Å². The zero-order valence-corrected chi connectivity index (χ0v) is 12.8. The molecule has 1 aliphatic rings. The minimum Gasteiger partial charge on any atom is -0.338 e. The van der Waals surface area contributed by atoms with Gasteiger partial charge in [0.2, 0.25) is 0 Å². The molecule has 21 heavy (non-hydrogen) atoms. The van der Waals surface area contributed by atoms with Crippen LogP contribution in [-0.4, -0.2) is 28.7 Å². The van der Waals surface area contributed by atoms with Gasteiger partial charge < -0.3 is 4.90 Å². The quantitative estimate of drug-likeness (QED) is 0.540. The van der Waals surface area contributed by atoms with E-state index in [1.807, 2.05) is 6.92 Å². The summed E-state index contributed by atoms with van der Waals surface area (Å²) < 4.78 is 52.0. The van der Waals surface area contributed by atoms with Crippen LogP contribution in [0.4, 0.5) is 17.6 Å². The predicted octanol–water partition coefficient (Wildman–Crippen LogP) is 4.09. The lowest BCUT2D eigenvalue weighted by Gasteiger charge is -2.34. The summed E-state index contributed by atoms with van der Waals surface area (Å²) in [5, 5.41) is 0. The topological polar surface area (TPSA) is 20.3 Å². The van der Waals surface area contributed by atoms with Crippen molar-refractivity contribution in [3.63, 3.8) is 0 Å². The second-order valence-corrected chi connectivity index (χ2v) is 6.37. The Balaban J connectivity index is 2.28. The Morgan fingerprint density at radius 2 is 2.05 bits per heavy atom. The third kappa shape index (κ3) is 3.39. The van der Waals surface area contributed by atoms with Gasteiger partial charge in [0.15, 0.2) is 0 Å². The summed E-state index contributed by atoms with van der Waals surface area (Å²) in [5.41, 5.74) is -1.93. The molecule has 0 radical (unpaired) electrons. The molecule has 1 saturated heterocycles. The third-order valence-electron chi connectivity index (χ3n) is 3.62. The first-order chi connectivity index (χ1) is 9.71. The molecule has 0 aromatic heterocycles. The third-order valence-corrected chi connectivity index (χ3v) is 4.98. The number of rotatable bonds is 1. The van der Waals surface area contributed by atoms with Gasteiger partial charge in [-0.15, -0.1) is 0 Å². The number of carbonyl (C=O) groups excluding carboxylic acids is 1. The minimum absolute atomic E-state index is 0.163. The number of alkyl halides is 4. The van der Waals surface area contributed by atoms with Crippen LogP contribution in [0.1, 0.15) is 29.3 Å². The lowest BCUT2D eigenvalue weighted by Crippen LogP contribution is -2.43. The van der Waals surface area contributed by atoms with Crippen LogP contribution < -0.4 is 0 Å². The molecule has 1 aliphatic heterocycles. The number of halogens is 5. The van der Waals surface area contributed by atoms with Crippen molar-refractivity contribution in [2.24, 2.45) is 5.92 Å². The summed E-state index contributed by atoms with van der Waals surface area (Å²) >= 11 is 3.48. The van der Waals surface area contributed by atoms with Crippen LogP contribution in [0.2, 0.25) is 0 Å². The van der Waals surface area contributed by atoms with Crippen molar-refractivity contribution in [3.05, 3.63) is 35.1 Å². The zero-order valence-electron chi connectivity index (χ0n) is 11.3. The first kappa shape index (κ1) is 16.3. The van der Waals surface area contributed by atoms with Crippen LogP contribution in [0.3, 0.4) is 0 Å². The lowest BCUT2D eigenvalue weighted by atomic mass is 9.99. The van der Waals surface area contributed by atoms with Crippen LogP contribution in [0.5, 0.6) is 0 Å². The number of amides is 1. The number of piperidine rings is 1. The van der Waals surface area contributed by atoms with E-state index in [2.05, 4.69) is 15.9 Å². The van der Waals surface area contributed by atoms with E-state index in [0.29, 0.717) is 25.6 Å². The molecule has 116 valence electrons. The van der Waals surface area contributed by atoms with E-state index in [1.54, 1.807) is 0 Å². The Bertz CT molecular complexity index is 546. The van der Waals surface area contributed by atoms with Crippen molar-refractivity contribution in [3.8, 4) is 0 Å². The second-order valence-electron chi connectivity index (χ2n) is 5.20. The molecule has 1 amide bonds. The maximum absolute atomic E-state index is 14.0. The van der Waals surface area contributed by atoms with E-state index in [0.717, 1.165) is 12.1 Å². The first-order valence-electron chi connectivity index (χ1n) is 6.51. The van der Waals surface area contributed by atoms with Gasteiger partial charge in [0.05, 0.1) is 11.1 Å². The Kier molecular flexibility index (Phi) is 4.60. The van der Waals surface area contributed by atoms with Gasteiger partial charge in [0.25, 0.3) is 5.91 Å². The fourth-order valence-electron chi connectivity index (χ4n) is 2.39. The van der Waals surface area contributed by atoms with E-state index < -0.39 is 29.0 Å². The predicted molar refractivity (Wildman–Crippen MR) is 73.8 cm³/mol. The van der Waals surface area contributed by atoms with Gasteiger partial charge in [-0.3, -0.25) is 4.79 Å². The number of nitrogens with zero attached hydrogens (tertiary/aromatic N) is 1. The molecule has 0 N–H and O–H groups in total. The van der Waals surface area contributed by atoms with E-state index in [9.17, 15) is 22.4 Å². The highest BCUT2D eigenvalue weighted by molar-refractivity contribution is 9.09. The van der Waals surface area contributed by atoms with Crippen LogP contribution in [0.15, 0.2) is 18.2 Å². The summed E-state index contributed by atoms with van der Waals surface area (Å²) in [6, 6.07) is 2.79. The van der Waals surface area contributed by atoms with Gasteiger partial charge in [0, 0.05) is 17.9 Å². The van der Waals surface area contributed by atoms with Crippen molar-refractivity contribution in [1.82, 2.24) is 4.90 Å². The second kappa shape index (κ2) is 5.94. The van der Waals surface area contributed by atoms with Gasteiger partial charge in [0.1, 0.15) is 5.82 Å². The highest BCUT2D eigenvalue weighted by Gasteiger charge is 2.37. The molecule has 7 heteroatoms. The van der Waals surface area contributed by atoms with Crippen LogP contribution in [0.25, 0.3) is 0 Å². The van der Waals surface area contributed by atoms with Crippen molar-refractivity contribution in [2.45, 2.75) is 24.3 Å². The van der Waals surface area contributed by atoms with Crippen molar-refractivity contribution in [1.29, 1.82) is 0 Å². The molecule has 2 atom stereocenters. The van der Waals surface area contributed by atoms with Gasteiger partial charge >= 0.3 is 6.18 Å². The molecule has 2 rings (SSSR count). The maximum Gasteiger partial charge on any atom is 0.419 e. The monoisotopic (exact) mass is 367 g/mol. The summed E-state index contributed by atoms with van der Waals surface area (Å²) in [6.45, 7) is 2.72. The molecule has 1 heterocycles. The lowest BCUT2D eigenvalue weighted by molar-refractivity contribution is -0.140. The maximum atomic E-state index is 14.0. The molecule has 1 aromatic rings. The van der Waals surface area contributed by atoms with Crippen molar-refractivity contribution >= 4 is 21.8 Å². The SMILES string of the molecule is CC1CN(C(=O)c2cccc(C(F)(F)F)c2F)CCC1Br. The zero-order chi connectivity index (χ0) is 15.8. The summed E-state index contributed by atoms with van der Waals surface area (Å²) in [5.74, 6) is -2.02. The molecule has 2 unspecified atom stereocenters. The fourth-order valence-corrected chi connectivity index (χ4v) is 2.76. The Labute approximate surface area is 128 Å². The van der Waals surface area contributed by atoms with Gasteiger partial charge in [-0.25, -0.2) is 4.39 Å². The number of carbonyl (C=O) groups is 1. The normalized spacial score (nSPS) is 23.2. The van der Waals surface area contributed by atoms with Gasteiger partial charge in [-0.1, -0.05) is 28.9 Å². The van der Waals surface area contributed by atoms with Crippen LogP contribution >= 0.6 is 15.9 Å². The molecule has 1 fully saturated rings. The number of likely N-dealkylation sites (tertiary alicyclic amines) is 1. The summed E-state index contributed by atoms with van der Waals surface area (Å²) in [4.78, 5) is 13.9. The van der Waals surface area contributed by atoms with E-state index in [1.165, 1.54) is 4.90 Å². The highest BCUT2D eigenvalue weighted by Crippen LogP contribution is 2.33. The number of hydrogen-bond acceptors (Lipinski definition) is 1. The molecular formula is C14H14BrF4NO. The molecule has 1 aromatic carbocycles. The van der Waals surface area contributed by atoms with Gasteiger partial charge in [-0.05, 0) is 24.5 Å². The van der Waals surface area contributed by atoms with E-state index >= 15 is 0 Å². The largest absolute Gasteiger partial charge is 0.419 e. The highest BCUT2D eigenvalue weighted by atomic mass is 79.9. The molecule has 0 spiro atoms. The average molecular weight is 368 g/mol. The Morgan fingerprint density at radius 1 is 1.38 bits per heavy atom. The smallest absolute Gasteiger partial charge is 0.338 e. The van der Waals surface area contributed by atoms with Crippen molar-refractivity contribution in [2.75, 3.05) is 13.1 Å². The number of hydrogen-bond donors (Lipinski definition) is 0. The van der Waals surface area contributed by atoms with Crippen LogP contribution in [0, 0.1) is 11.7 Å². The standard InChI is InChI=1S/C14H14BrF4NO/c1-8-7-20(6-5-11(8)15)13(21)9-3-2-4-10(12(9)16)14(17,18)19/h2-4,8,11H,5-7H2,1H3. The van der Waals surface area contributed by atoms with Gasteiger partial charge in [-0.2, -0.15) is 13.2 Å². The molecule has 2 nitrogen and oxygen atoms in total. The summed E-state index contributed by atoms with van der Waals surface area (Å²) in [6.07, 6.45) is -4.12. The molecule has 0 aliphatic carbocycles. The minimum atomic E-state index is -4.81. The Morgan fingerprint density at radius 3 is 2.62 bits per heavy atom.